The van der Waals surface area contributed by atoms with Gasteiger partial charge in [0.15, 0.2) is 0 Å². The molecule has 0 spiro atoms. The molecule has 42 heavy (non-hydrogen) atoms. The van der Waals surface area contributed by atoms with Gasteiger partial charge in [-0.05, 0) is 18.6 Å². The SMILES string of the molecule is O=C(CCCCCCCCCCCCCCCCCCCCCCCCCCCCCCCCCCCCCS)NO. The summed E-state index contributed by atoms with van der Waals surface area (Å²) in [5, 5.41) is 8.46. The van der Waals surface area contributed by atoms with Crippen molar-refractivity contribution in [1.82, 2.24) is 5.48 Å². The third-order valence-electron chi connectivity index (χ3n) is 9.19. The Bertz CT molecular complexity index is 501. The predicted octanol–water partition coefficient (Wildman–Crippen LogP) is 13.5. The van der Waals surface area contributed by atoms with Crippen molar-refractivity contribution in [3.63, 3.8) is 0 Å². The molecule has 3 nitrogen and oxygen atoms in total. The van der Waals surface area contributed by atoms with Gasteiger partial charge in [0, 0.05) is 6.42 Å². The van der Waals surface area contributed by atoms with Crippen LogP contribution < -0.4 is 5.48 Å². The Kier molecular flexibility index (Phi) is 38.6. The highest BCUT2D eigenvalue weighted by atomic mass is 32.1. The number of hydrogen-bond donors (Lipinski definition) is 3. The molecule has 0 unspecified atom stereocenters. The molecular formula is C38H77NO2S. The second kappa shape index (κ2) is 38.8. The number of amides is 1. The minimum absolute atomic E-state index is 0.254. The van der Waals surface area contributed by atoms with Crippen molar-refractivity contribution in [3.8, 4) is 0 Å². The molecule has 0 aliphatic carbocycles. The Hall–Kier alpha value is -0.220. The van der Waals surface area contributed by atoms with E-state index in [9.17, 15) is 4.79 Å². The van der Waals surface area contributed by atoms with Crippen LogP contribution in [0.15, 0.2) is 0 Å². The van der Waals surface area contributed by atoms with E-state index in [4.69, 9.17) is 5.21 Å². The molecule has 0 aromatic carbocycles. The Morgan fingerprint density at radius 1 is 0.333 bits per heavy atom. The van der Waals surface area contributed by atoms with Gasteiger partial charge in [0.05, 0.1) is 0 Å². The van der Waals surface area contributed by atoms with Gasteiger partial charge in [-0.25, -0.2) is 5.48 Å². The number of carbonyl (C=O) groups is 1. The van der Waals surface area contributed by atoms with Gasteiger partial charge in [0.1, 0.15) is 0 Å². The fraction of sp³-hybridized carbons (Fsp3) is 0.974. The van der Waals surface area contributed by atoms with Crippen LogP contribution >= 0.6 is 12.6 Å². The lowest BCUT2D eigenvalue weighted by molar-refractivity contribution is -0.129. The van der Waals surface area contributed by atoms with Crippen LogP contribution in [0.2, 0.25) is 0 Å². The molecule has 0 atom stereocenters. The zero-order valence-corrected chi connectivity index (χ0v) is 29.4. The van der Waals surface area contributed by atoms with Crippen LogP contribution in [0.3, 0.4) is 0 Å². The summed E-state index contributed by atoms with van der Waals surface area (Å²) < 4.78 is 0. The number of hydrogen-bond acceptors (Lipinski definition) is 3. The third-order valence-corrected chi connectivity index (χ3v) is 9.50. The zero-order valence-electron chi connectivity index (χ0n) is 28.5. The van der Waals surface area contributed by atoms with Crippen molar-refractivity contribution < 1.29 is 10.0 Å². The van der Waals surface area contributed by atoms with Gasteiger partial charge in [0.25, 0.3) is 0 Å². The van der Waals surface area contributed by atoms with E-state index in [-0.39, 0.29) is 5.91 Å². The summed E-state index contributed by atoms with van der Waals surface area (Å²) in [6.45, 7) is 0. The van der Waals surface area contributed by atoms with Crippen LogP contribution in [-0.4, -0.2) is 16.9 Å². The summed E-state index contributed by atoms with van der Waals surface area (Å²) in [7, 11) is 0. The molecule has 0 aliphatic heterocycles. The summed E-state index contributed by atoms with van der Waals surface area (Å²) in [6, 6.07) is 0. The maximum Gasteiger partial charge on any atom is 0.243 e. The van der Waals surface area contributed by atoms with Crippen LogP contribution in [0.1, 0.15) is 231 Å². The first kappa shape index (κ1) is 41.8. The molecule has 0 aliphatic rings. The first-order valence-corrected chi connectivity index (χ1v) is 20.0. The lowest BCUT2D eigenvalue weighted by Crippen LogP contribution is -2.17. The van der Waals surface area contributed by atoms with Gasteiger partial charge in [0.2, 0.25) is 5.91 Å². The molecule has 252 valence electrons. The second-order valence-corrected chi connectivity index (χ2v) is 13.8. The first-order chi connectivity index (χ1) is 20.8. The molecule has 0 aromatic heterocycles. The van der Waals surface area contributed by atoms with Crippen molar-refractivity contribution in [2.45, 2.75) is 231 Å². The predicted molar refractivity (Wildman–Crippen MR) is 190 cm³/mol. The Morgan fingerprint density at radius 3 is 0.667 bits per heavy atom. The molecule has 0 saturated heterocycles. The molecule has 2 N–H and O–H groups in total. The minimum Gasteiger partial charge on any atom is -0.289 e. The number of rotatable bonds is 37. The summed E-state index contributed by atoms with van der Waals surface area (Å²) in [5.74, 6) is 0.808. The second-order valence-electron chi connectivity index (χ2n) is 13.4. The molecule has 0 aromatic rings. The molecule has 0 rings (SSSR count). The number of unbranched alkanes of at least 4 members (excludes halogenated alkanes) is 34. The van der Waals surface area contributed by atoms with Gasteiger partial charge in [-0.15, -0.1) is 0 Å². The lowest BCUT2D eigenvalue weighted by atomic mass is 10.0. The number of hydroxylamine groups is 1. The smallest absolute Gasteiger partial charge is 0.243 e. The van der Waals surface area contributed by atoms with E-state index >= 15 is 0 Å². The maximum absolute atomic E-state index is 10.9. The Labute approximate surface area is 270 Å². The van der Waals surface area contributed by atoms with Crippen LogP contribution in [0.4, 0.5) is 0 Å². The van der Waals surface area contributed by atoms with E-state index < -0.39 is 0 Å². The van der Waals surface area contributed by atoms with Crippen LogP contribution in [0.5, 0.6) is 0 Å². The Morgan fingerprint density at radius 2 is 0.500 bits per heavy atom. The zero-order chi connectivity index (χ0) is 30.4. The molecule has 0 bridgehead atoms. The largest absolute Gasteiger partial charge is 0.289 e. The average molecular weight is 612 g/mol. The van der Waals surface area contributed by atoms with Gasteiger partial charge in [-0.2, -0.15) is 12.6 Å². The van der Waals surface area contributed by atoms with Crippen molar-refractivity contribution in [2.24, 2.45) is 0 Å². The highest BCUT2D eigenvalue weighted by Gasteiger charge is 1.99. The van der Waals surface area contributed by atoms with E-state index in [2.05, 4.69) is 12.6 Å². The number of thiol groups is 1. The molecule has 0 radical (unpaired) electrons. The lowest BCUT2D eigenvalue weighted by Gasteiger charge is -2.05. The maximum atomic E-state index is 10.9. The fourth-order valence-corrected chi connectivity index (χ4v) is 6.51. The summed E-state index contributed by atoms with van der Waals surface area (Å²) in [6.07, 6.45) is 49.7. The van der Waals surface area contributed by atoms with E-state index in [1.807, 2.05) is 0 Å². The third kappa shape index (κ3) is 37.8. The van der Waals surface area contributed by atoms with Gasteiger partial charge in [-0.3, -0.25) is 10.0 Å². The highest BCUT2D eigenvalue weighted by molar-refractivity contribution is 7.80. The molecule has 4 heteroatoms. The van der Waals surface area contributed by atoms with E-state index in [1.165, 1.54) is 212 Å². The monoisotopic (exact) mass is 612 g/mol. The Balaban J connectivity index is 3.04. The summed E-state index contributed by atoms with van der Waals surface area (Å²) >= 11 is 4.29. The summed E-state index contributed by atoms with van der Waals surface area (Å²) in [5.41, 5.74) is 1.70. The number of nitrogens with one attached hydrogen (secondary N) is 1. The molecular weight excluding hydrogens is 534 g/mol. The molecule has 0 saturated carbocycles. The number of carbonyl (C=O) groups excluding carboxylic acids is 1. The highest BCUT2D eigenvalue weighted by Crippen LogP contribution is 2.17. The quantitative estimate of drug-likeness (QED) is 0.0283. The van der Waals surface area contributed by atoms with Crippen molar-refractivity contribution in [3.05, 3.63) is 0 Å². The van der Waals surface area contributed by atoms with Crippen LogP contribution in [0, 0.1) is 0 Å². The molecule has 0 heterocycles. The van der Waals surface area contributed by atoms with Gasteiger partial charge < -0.3 is 0 Å². The molecule has 0 fully saturated rings. The van der Waals surface area contributed by atoms with E-state index in [1.54, 1.807) is 5.48 Å². The van der Waals surface area contributed by atoms with Crippen molar-refractivity contribution >= 4 is 18.5 Å². The minimum atomic E-state index is -0.254. The van der Waals surface area contributed by atoms with E-state index in [0.717, 1.165) is 18.6 Å². The normalized spacial score (nSPS) is 11.4. The average Bonchev–Trinajstić information content (AvgIpc) is 3.00. The first-order valence-electron chi connectivity index (χ1n) is 19.3. The van der Waals surface area contributed by atoms with Crippen LogP contribution in [0.25, 0.3) is 0 Å². The van der Waals surface area contributed by atoms with Gasteiger partial charge in [-0.1, -0.05) is 212 Å². The van der Waals surface area contributed by atoms with Gasteiger partial charge >= 0.3 is 0 Å². The summed E-state index contributed by atoms with van der Waals surface area (Å²) in [4.78, 5) is 10.9. The van der Waals surface area contributed by atoms with Crippen molar-refractivity contribution in [1.29, 1.82) is 0 Å². The topological polar surface area (TPSA) is 49.3 Å². The standard InChI is InChI=1S/C38H77NO2S/c40-38(39-41)36-34-32-30-28-26-24-22-20-18-16-14-12-10-8-6-4-2-1-3-5-7-9-11-13-15-17-19-21-23-25-27-29-31-33-35-37-42/h41-42H,1-37H2,(H,39,40). The fourth-order valence-electron chi connectivity index (χ4n) is 6.29. The van der Waals surface area contributed by atoms with E-state index in [0.29, 0.717) is 6.42 Å². The van der Waals surface area contributed by atoms with Crippen molar-refractivity contribution in [2.75, 3.05) is 5.75 Å². The molecule has 1 amide bonds. The van der Waals surface area contributed by atoms with Crippen LogP contribution in [-0.2, 0) is 4.79 Å².